The number of benzene rings is 1. The number of thiophene rings is 1. The number of halogens is 2. The summed E-state index contributed by atoms with van der Waals surface area (Å²) < 4.78 is 24.5. The summed E-state index contributed by atoms with van der Waals surface area (Å²) >= 11 is 2.30. The minimum Gasteiger partial charge on any atom is -0.377 e. The molecule has 1 heterocycles. The predicted molar refractivity (Wildman–Crippen MR) is 83.8 cm³/mol. The summed E-state index contributed by atoms with van der Waals surface area (Å²) in [6, 6.07) is 11.6. The smallest absolute Gasteiger partial charge is 0.288 e. The van der Waals surface area contributed by atoms with E-state index in [1.54, 1.807) is 23.5 Å². The van der Waals surface area contributed by atoms with Gasteiger partial charge in [-0.1, -0.05) is 31.7 Å². The molecule has 5 heteroatoms. The van der Waals surface area contributed by atoms with Crippen LogP contribution in [0.15, 0.2) is 46.7 Å². The van der Waals surface area contributed by atoms with Crippen molar-refractivity contribution in [3.8, 4) is 0 Å². The third kappa shape index (κ3) is 4.21. The number of hydrogen-bond acceptors (Lipinski definition) is 3. The van der Waals surface area contributed by atoms with Gasteiger partial charge in [0, 0.05) is 15.5 Å². The molecule has 0 aliphatic heterocycles. The standard InChI is InChI=1S/C15H17F2NS2/c1-10(2)14(13-4-3-9-19-13)18-11-5-7-12(8-6-11)20-15(16)17/h3-10,14-15,18H,1-2H3. The van der Waals surface area contributed by atoms with Crippen LogP contribution in [-0.2, 0) is 0 Å². The Morgan fingerprint density at radius 3 is 2.30 bits per heavy atom. The highest BCUT2D eigenvalue weighted by Gasteiger charge is 2.16. The van der Waals surface area contributed by atoms with Crippen LogP contribution in [-0.4, -0.2) is 5.76 Å². The van der Waals surface area contributed by atoms with Gasteiger partial charge < -0.3 is 5.32 Å². The van der Waals surface area contributed by atoms with Gasteiger partial charge in [-0.3, -0.25) is 0 Å². The predicted octanol–water partition coefficient (Wildman–Crippen LogP) is 5.87. The van der Waals surface area contributed by atoms with Crippen LogP contribution in [0, 0.1) is 5.92 Å². The molecule has 2 rings (SSSR count). The number of alkyl halides is 2. The SMILES string of the molecule is CC(C)C(Nc1ccc(SC(F)F)cc1)c1cccs1. The molecule has 1 atom stereocenters. The second-order valence-electron chi connectivity index (χ2n) is 4.78. The van der Waals surface area contributed by atoms with E-state index in [9.17, 15) is 8.78 Å². The number of rotatable bonds is 6. The van der Waals surface area contributed by atoms with E-state index < -0.39 is 5.76 Å². The Labute approximate surface area is 126 Å². The fourth-order valence-electron chi connectivity index (χ4n) is 1.95. The van der Waals surface area contributed by atoms with Gasteiger partial charge in [0.25, 0.3) is 5.76 Å². The Balaban J connectivity index is 2.07. The highest BCUT2D eigenvalue weighted by molar-refractivity contribution is 7.99. The lowest BCUT2D eigenvalue weighted by Gasteiger charge is -2.22. The fraction of sp³-hybridized carbons (Fsp3) is 0.333. The maximum Gasteiger partial charge on any atom is 0.288 e. The topological polar surface area (TPSA) is 12.0 Å². The summed E-state index contributed by atoms with van der Waals surface area (Å²) in [6.45, 7) is 4.33. The van der Waals surface area contributed by atoms with E-state index in [2.05, 4.69) is 30.6 Å². The molecular formula is C15H17F2NS2. The largest absolute Gasteiger partial charge is 0.377 e. The molecule has 1 unspecified atom stereocenters. The molecule has 20 heavy (non-hydrogen) atoms. The van der Waals surface area contributed by atoms with Crippen molar-refractivity contribution in [2.24, 2.45) is 5.92 Å². The summed E-state index contributed by atoms with van der Waals surface area (Å²) in [5, 5.41) is 5.54. The van der Waals surface area contributed by atoms with Crippen LogP contribution in [0.25, 0.3) is 0 Å². The number of thioether (sulfide) groups is 1. The molecule has 1 aromatic heterocycles. The van der Waals surface area contributed by atoms with Crippen molar-refractivity contribution in [1.82, 2.24) is 0 Å². The molecule has 1 N–H and O–H groups in total. The highest BCUT2D eigenvalue weighted by atomic mass is 32.2. The zero-order valence-electron chi connectivity index (χ0n) is 11.3. The normalized spacial score (nSPS) is 12.9. The summed E-state index contributed by atoms with van der Waals surface area (Å²) in [4.78, 5) is 1.87. The van der Waals surface area contributed by atoms with Gasteiger partial charge in [-0.25, -0.2) is 0 Å². The molecule has 0 aliphatic carbocycles. The zero-order valence-corrected chi connectivity index (χ0v) is 13.0. The Morgan fingerprint density at radius 2 is 1.80 bits per heavy atom. The van der Waals surface area contributed by atoms with Gasteiger partial charge in [0.2, 0.25) is 0 Å². The van der Waals surface area contributed by atoms with E-state index in [1.807, 2.05) is 18.2 Å². The summed E-state index contributed by atoms with van der Waals surface area (Å²) in [6.07, 6.45) is 0. The summed E-state index contributed by atoms with van der Waals surface area (Å²) in [5.41, 5.74) is 0.954. The van der Waals surface area contributed by atoms with Crippen molar-refractivity contribution in [2.45, 2.75) is 30.5 Å². The van der Waals surface area contributed by atoms with Gasteiger partial charge in [-0.05, 0) is 41.6 Å². The Kier molecular flexibility index (Phi) is 5.43. The van der Waals surface area contributed by atoms with Crippen LogP contribution >= 0.6 is 23.1 Å². The lowest BCUT2D eigenvalue weighted by Crippen LogP contribution is -2.15. The molecule has 0 saturated heterocycles. The Bertz CT molecular complexity index is 509. The average Bonchev–Trinajstić information content (AvgIpc) is 2.90. The molecule has 0 spiro atoms. The molecule has 0 aliphatic rings. The fourth-order valence-corrected chi connectivity index (χ4v) is 3.39. The highest BCUT2D eigenvalue weighted by Crippen LogP contribution is 2.31. The second-order valence-corrected chi connectivity index (χ2v) is 6.83. The Morgan fingerprint density at radius 1 is 1.10 bits per heavy atom. The summed E-state index contributed by atoms with van der Waals surface area (Å²) in [7, 11) is 0. The van der Waals surface area contributed by atoms with E-state index in [0.29, 0.717) is 22.6 Å². The molecule has 108 valence electrons. The first-order chi connectivity index (χ1) is 9.56. The van der Waals surface area contributed by atoms with Crippen molar-refractivity contribution >= 4 is 28.8 Å². The molecule has 2 aromatic rings. The van der Waals surface area contributed by atoms with Crippen LogP contribution in [0.2, 0.25) is 0 Å². The van der Waals surface area contributed by atoms with Crippen LogP contribution in [0.5, 0.6) is 0 Å². The number of hydrogen-bond donors (Lipinski definition) is 1. The second kappa shape index (κ2) is 7.09. The van der Waals surface area contributed by atoms with Crippen molar-refractivity contribution in [3.05, 3.63) is 46.7 Å². The van der Waals surface area contributed by atoms with Crippen molar-refractivity contribution < 1.29 is 8.78 Å². The van der Waals surface area contributed by atoms with Gasteiger partial charge in [0.05, 0.1) is 6.04 Å². The van der Waals surface area contributed by atoms with Crippen molar-refractivity contribution in [3.63, 3.8) is 0 Å². The maximum absolute atomic E-state index is 12.3. The molecular weight excluding hydrogens is 296 g/mol. The summed E-state index contributed by atoms with van der Waals surface area (Å²) in [5.74, 6) is -1.92. The van der Waals surface area contributed by atoms with Crippen LogP contribution in [0.1, 0.15) is 24.8 Å². The van der Waals surface area contributed by atoms with Crippen molar-refractivity contribution in [2.75, 3.05) is 5.32 Å². The monoisotopic (exact) mass is 313 g/mol. The van der Waals surface area contributed by atoms with Crippen LogP contribution in [0.3, 0.4) is 0 Å². The van der Waals surface area contributed by atoms with E-state index >= 15 is 0 Å². The van der Waals surface area contributed by atoms with Gasteiger partial charge >= 0.3 is 0 Å². The first-order valence-corrected chi connectivity index (χ1v) is 8.17. The quantitative estimate of drug-likeness (QED) is 0.669. The van der Waals surface area contributed by atoms with Gasteiger partial charge in [0.15, 0.2) is 0 Å². The molecule has 1 aromatic carbocycles. The lowest BCUT2D eigenvalue weighted by molar-refractivity contribution is 0.252. The average molecular weight is 313 g/mol. The zero-order chi connectivity index (χ0) is 14.5. The number of anilines is 1. The lowest BCUT2D eigenvalue weighted by atomic mass is 10.0. The van der Waals surface area contributed by atoms with E-state index in [0.717, 1.165) is 5.69 Å². The Hall–Kier alpha value is -1.07. The van der Waals surface area contributed by atoms with Crippen molar-refractivity contribution in [1.29, 1.82) is 0 Å². The van der Waals surface area contributed by atoms with E-state index in [1.165, 1.54) is 4.88 Å². The van der Waals surface area contributed by atoms with E-state index in [4.69, 9.17) is 0 Å². The van der Waals surface area contributed by atoms with Crippen LogP contribution in [0.4, 0.5) is 14.5 Å². The molecule has 0 amide bonds. The molecule has 0 saturated carbocycles. The molecule has 0 radical (unpaired) electrons. The third-order valence-corrected chi connectivity index (χ3v) is 4.60. The first kappa shape index (κ1) is 15.3. The molecule has 0 fully saturated rings. The molecule has 0 bridgehead atoms. The molecule has 1 nitrogen and oxygen atoms in total. The minimum atomic E-state index is -2.37. The minimum absolute atomic E-state index is 0.239. The van der Waals surface area contributed by atoms with E-state index in [-0.39, 0.29) is 6.04 Å². The maximum atomic E-state index is 12.3. The van der Waals surface area contributed by atoms with Gasteiger partial charge in [0.1, 0.15) is 0 Å². The van der Waals surface area contributed by atoms with Crippen LogP contribution < -0.4 is 5.32 Å². The number of nitrogens with one attached hydrogen (secondary N) is 1. The van der Waals surface area contributed by atoms with Gasteiger partial charge in [-0.2, -0.15) is 8.78 Å². The van der Waals surface area contributed by atoms with Gasteiger partial charge in [-0.15, -0.1) is 11.3 Å². The third-order valence-electron chi connectivity index (χ3n) is 2.92. The first-order valence-electron chi connectivity index (χ1n) is 6.41.